The van der Waals surface area contributed by atoms with Crippen LogP contribution in [-0.2, 0) is 31.6 Å². The maximum Gasteiger partial charge on any atom is 1.00 e. The molecule has 18 nitrogen and oxygen atoms in total. The molecule has 0 bridgehead atoms. The van der Waals surface area contributed by atoms with Crippen molar-refractivity contribution in [3.05, 3.63) is 12.4 Å². The van der Waals surface area contributed by atoms with E-state index >= 15 is 0 Å². The number of fused-ring (bicyclic) bond motifs is 1. The molecule has 3 rings (SSSR count). The number of imidazole rings is 1. The van der Waals surface area contributed by atoms with Gasteiger partial charge < -0.3 is 44.8 Å². The maximum atomic E-state index is 13.5. The van der Waals surface area contributed by atoms with Crippen LogP contribution in [0.1, 0.15) is 6.23 Å². The summed E-state index contributed by atoms with van der Waals surface area (Å²) in [6.45, 7) is -1.14. The van der Waals surface area contributed by atoms with Crippen molar-refractivity contribution in [1.29, 1.82) is 0 Å². The number of hydrogen-bond acceptors (Lipinski definition) is 16. The molecule has 7 unspecified atom stereocenters. The van der Waals surface area contributed by atoms with Crippen LogP contribution in [0.15, 0.2) is 6.33 Å². The van der Waals surface area contributed by atoms with Crippen molar-refractivity contribution >= 4 is 40.4 Å². The van der Waals surface area contributed by atoms with Gasteiger partial charge in [-0.3, -0.25) is 18.3 Å². The van der Waals surface area contributed by atoms with Gasteiger partial charge in [-0.25, -0.2) is 13.6 Å². The molecule has 1 aliphatic heterocycles. The number of ether oxygens (including phenoxy) is 1. The van der Waals surface area contributed by atoms with Crippen LogP contribution in [0.3, 0.4) is 0 Å². The zero-order valence-electron chi connectivity index (χ0n) is 18.1. The van der Waals surface area contributed by atoms with Crippen LogP contribution in [0, 0.1) is 6.08 Å². The summed E-state index contributed by atoms with van der Waals surface area (Å²) >= 11 is 0. The van der Waals surface area contributed by atoms with E-state index in [1.165, 1.54) is 0 Å². The van der Waals surface area contributed by atoms with Crippen LogP contribution in [0.4, 0.5) is 10.2 Å². The molecule has 0 radical (unpaired) electrons. The van der Waals surface area contributed by atoms with E-state index in [0.29, 0.717) is 0 Å². The van der Waals surface area contributed by atoms with Crippen molar-refractivity contribution in [2.75, 3.05) is 12.3 Å². The molecular formula is C10H12FN5Na3O13P3. The van der Waals surface area contributed by atoms with Gasteiger partial charge in [-0.15, -0.1) is 0 Å². The number of phosphoric acid groups is 3. The molecule has 2 aromatic rings. The summed E-state index contributed by atoms with van der Waals surface area (Å²) in [5.74, 6) is -0.335. The van der Waals surface area contributed by atoms with Crippen LogP contribution >= 0.6 is 23.5 Å². The number of phosphoric ester groups is 1. The van der Waals surface area contributed by atoms with Gasteiger partial charge in [0.05, 0.1) is 12.9 Å². The van der Waals surface area contributed by atoms with E-state index < -0.39 is 60.7 Å². The molecule has 0 aliphatic carbocycles. The van der Waals surface area contributed by atoms with E-state index in [2.05, 4.69) is 28.1 Å². The molecule has 0 spiro atoms. The molecule has 180 valence electrons. The Morgan fingerprint density at radius 3 is 2.26 bits per heavy atom. The number of aliphatic hydroxyl groups is 2. The van der Waals surface area contributed by atoms with Crippen LogP contribution in [-0.4, -0.2) is 59.5 Å². The topological polar surface area (TPSA) is 288 Å². The van der Waals surface area contributed by atoms with Gasteiger partial charge in [0.25, 0.3) is 23.5 Å². The number of halogens is 1. The van der Waals surface area contributed by atoms with Gasteiger partial charge in [-0.1, -0.05) is 0 Å². The Morgan fingerprint density at radius 2 is 1.69 bits per heavy atom. The summed E-state index contributed by atoms with van der Waals surface area (Å²) in [4.78, 5) is 52.0. The van der Waals surface area contributed by atoms with E-state index in [0.717, 1.165) is 10.9 Å². The standard InChI is InChI=1S/C10H15FN5O13P3.3Na/c11-10-14-7(12)4-8(15-10)16(2-13-4)9-6(18)5(17)3(27-9)1-26-31(22,23)29-32(24,25)28-30(19,20)21;;;/h2-3,5-6,9,17-18H,1H2,(H,22,23)(H,24,25)(H2,12,14,15)(H2,19,20,21);;;/q;3*+1/p-3. The second kappa shape index (κ2) is 13.8. The summed E-state index contributed by atoms with van der Waals surface area (Å²) in [6, 6.07) is 0. The van der Waals surface area contributed by atoms with Gasteiger partial charge in [0, 0.05) is 0 Å². The monoisotopic (exact) mass is 591 g/mol. The molecule has 0 saturated carbocycles. The van der Waals surface area contributed by atoms with Crippen LogP contribution in [0.5, 0.6) is 0 Å². The Hall–Kier alpha value is 1.57. The Labute approximate surface area is 261 Å². The molecule has 0 aromatic carbocycles. The van der Waals surface area contributed by atoms with Gasteiger partial charge in [-0.2, -0.15) is 14.4 Å². The van der Waals surface area contributed by atoms with Gasteiger partial charge in [0.15, 0.2) is 23.2 Å². The number of nitrogens with zero attached hydrogens (tertiary/aromatic N) is 4. The number of nitrogen functional groups attached to an aromatic ring is 1. The first-order valence-corrected chi connectivity index (χ1v) is 12.4. The predicted octanol–water partition coefficient (Wildman–Crippen LogP) is -12.4. The number of rotatable bonds is 8. The SMILES string of the molecule is Nc1nc(F)nc2c1ncn2C1OC(COP(=O)([O-])OP(=O)([O-])OP(=O)([O-])O)C(O)C1O.[Na+].[Na+].[Na+]. The normalized spacial score (nSPS) is 26.9. The first-order valence-electron chi connectivity index (χ1n) is 7.99. The van der Waals surface area contributed by atoms with Crippen molar-refractivity contribution in [2.45, 2.75) is 24.5 Å². The third-order valence-corrected chi connectivity index (χ3v) is 7.52. The fraction of sp³-hybridized carbons (Fsp3) is 0.500. The Kier molecular flexibility index (Phi) is 14.4. The minimum atomic E-state index is -6.12. The quantitative estimate of drug-likeness (QED) is 0.126. The molecule has 0 amide bonds. The summed E-state index contributed by atoms with van der Waals surface area (Å²) < 4.78 is 63.6. The first kappa shape index (κ1) is 36.6. The zero-order chi connectivity index (χ0) is 24.1. The molecule has 7 atom stereocenters. The van der Waals surface area contributed by atoms with Gasteiger partial charge in [0.2, 0.25) is 0 Å². The number of anilines is 1. The largest absolute Gasteiger partial charge is 1.00 e. The van der Waals surface area contributed by atoms with Crippen molar-refractivity contribution in [2.24, 2.45) is 0 Å². The minimum Gasteiger partial charge on any atom is -0.756 e. The number of hydrogen-bond donors (Lipinski definition) is 4. The molecule has 25 heteroatoms. The van der Waals surface area contributed by atoms with Crippen molar-refractivity contribution in [3.63, 3.8) is 0 Å². The molecule has 3 heterocycles. The molecule has 1 aliphatic rings. The van der Waals surface area contributed by atoms with E-state index in [-0.39, 0.29) is 106 Å². The Bertz CT molecular complexity index is 1170. The fourth-order valence-electron chi connectivity index (χ4n) is 2.65. The van der Waals surface area contributed by atoms with E-state index in [9.17, 15) is 43.0 Å². The van der Waals surface area contributed by atoms with Crippen LogP contribution < -0.4 is 109 Å². The summed E-state index contributed by atoms with van der Waals surface area (Å²) in [5, 5.41) is 20.3. The molecule has 2 aromatic heterocycles. The summed E-state index contributed by atoms with van der Waals surface area (Å²) in [5.41, 5.74) is 5.21. The van der Waals surface area contributed by atoms with E-state index in [4.69, 9.17) is 15.4 Å². The van der Waals surface area contributed by atoms with Crippen LogP contribution in [0.2, 0.25) is 0 Å². The number of aromatic nitrogens is 4. The smallest absolute Gasteiger partial charge is 0.756 e. The Morgan fingerprint density at radius 1 is 1.09 bits per heavy atom. The average Bonchev–Trinajstić information content (AvgIpc) is 3.12. The van der Waals surface area contributed by atoms with Crippen molar-refractivity contribution in [3.8, 4) is 0 Å². The van der Waals surface area contributed by atoms with Crippen molar-refractivity contribution < 1.29 is 154 Å². The second-order valence-corrected chi connectivity index (χ2v) is 10.4. The molecule has 1 saturated heterocycles. The summed E-state index contributed by atoms with van der Waals surface area (Å²) in [6.07, 6.45) is -6.93. The van der Waals surface area contributed by atoms with E-state index in [1.54, 1.807) is 0 Å². The molecule has 5 N–H and O–H groups in total. The zero-order valence-corrected chi connectivity index (χ0v) is 26.8. The van der Waals surface area contributed by atoms with E-state index in [1.807, 2.05) is 0 Å². The minimum absolute atomic E-state index is 0. The van der Waals surface area contributed by atoms with Crippen LogP contribution in [0.25, 0.3) is 11.2 Å². The van der Waals surface area contributed by atoms with Gasteiger partial charge in [0.1, 0.15) is 18.3 Å². The third-order valence-electron chi connectivity index (χ3n) is 3.83. The van der Waals surface area contributed by atoms with Crippen molar-refractivity contribution in [1.82, 2.24) is 19.5 Å². The molecule has 1 fully saturated rings. The third kappa shape index (κ3) is 9.61. The Balaban J connectivity index is 0.00000385. The number of aliphatic hydroxyl groups excluding tert-OH is 2. The van der Waals surface area contributed by atoms with Gasteiger partial charge >= 0.3 is 94.8 Å². The predicted molar refractivity (Wildman–Crippen MR) is 88.8 cm³/mol. The number of nitrogens with two attached hydrogens (primary N) is 1. The first-order chi connectivity index (χ1) is 14.6. The summed E-state index contributed by atoms with van der Waals surface area (Å²) in [7, 11) is -17.9. The molecule has 35 heavy (non-hydrogen) atoms. The van der Waals surface area contributed by atoms with Gasteiger partial charge in [-0.05, 0) is 0 Å². The average molecular weight is 591 g/mol. The molecular weight excluding hydrogens is 579 g/mol. The maximum absolute atomic E-state index is 13.5. The fourth-order valence-corrected chi connectivity index (χ4v) is 5.54. The second-order valence-electron chi connectivity index (χ2n) is 6.07.